The second-order valence-corrected chi connectivity index (χ2v) is 6.30. The molecule has 6 nitrogen and oxygen atoms in total. The van der Waals surface area contributed by atoms with Crippen molar-refractivity contribution in [3.05, 3.63) is 39.9 Å². The molecule has 22 heavy (non-hydrogen) atoms. The zero-order chi connectivity index (χ0) is 16.1. The molecule has 8 heteroatoms. The number of hydrogen-bond acceptors (Lipinski definition) is 5. The average molecular weight is 339 g/mol. The van der Waals surface area contributed by atoms with Gasteiger partial charge < -0.3 is 10.6 Å². The molecule has 2 amide bonds. The monoisotopic (exact) mass is 338 g/mol. The molecular formula is C14H15ClN4O2S. The number of halogens is 1. The van der Waals surface area contributed by atoms with Crippen LogP contribution in [0.15, 0.2) is 24.3 Å². The Labute approximate surface area is 136 Å². The summed E-state index contributed by atoms with van der Waals surface area (Å²) in [5.74, 6) is -0.454. The van der Waals surface area contributed by atoms with Gasteiger partial charge in [-0.05, 0) is 24.6 Å². The minimum absolute atomic E-state index is 0.0971. The van der Waals surface area contributed by atoms with Gasteiger partial charge in [0, 0.05) is 11.9 Å². The first-order chi connectivity index (χ1) is 10.4. The summed E-state index contributed by atoms with van der Waals surface area (Å²) in [6.07, 6.45) is 0.0971. The van der Waals surface area contributed by atoms with Crippen molar-refractivity contribution in [3.8, 4) is 0 Å². The first kappa shape index (κ1) is 16.4. The summed E-state index contributed by atoms with van der Waals surface area (Å²) in [5, 5.41) is 14.9. The molecule has 1 atom stereocenters. The molecular weight excluding hydrogens is 324 g/mol. The number of carbonyl (C=O) groups is 2. The van der Waals surface area contributed by atoms with Crippen LogP contribution in [-0.2, 0) is 9.59 Å². The molecule has 0 aliphatic rings. The summed E-state index contributed by atoms with van der Waals surface area (Å²) in [5.41, 5.74) is 0.809. The van der Waals surface area contributed by atoms with Crippen LogP contribution in [0.3, 0.4) is 0 Å². The lowest BCUT2D eigenvalue weighted by Gasteiger charge is -2.17. The van der Waals surface area contributed by atoms with Crippen LogP contribution in [0.2, 0.25) is 5.02 Å². The number of anilines is 1. The number of carbonyl (C=O) groups excluding carboxylic acids is 2. The molecule has 116 valence electrons. The lowest BCUT2D eigenvalue weighted by atomic mass is 10.0. The summed E-state index contributed by atoms with van der Waals surface area (Å²) in [4.78, 5) is 23.5. The molecule has 1 unspecified atom stereocenters. The molecule has 2 rings (SSSR count). The van der Waals surface area contributed by atoms with E-state index in [-0.39, 0.29) is 18.2 Å². The lowest BCUT2D eigenvalue weighted by molar-refractivity contribution is -0.120. The van der Waals surface area contributed by atoms with E-state index in [9.17, 15) is 9.59 Å². The Morgan fingerprint density at radius 3 is 2.50 bits per heavy atom. The van der Waals surface area contributed by atoms with E-state index in [2.05, 4.69) is 20.8 Å². The van der Waals surface area contributed by atoms with Crippen LogP contribution < -0.4 is 10.6 Å². The van der Waals surface area contributed by atoms with Gasteiger partial charge in [-0.15, -0.1) is 10.2 Å². The van der Waals surface area contributed by atoms with Crippen molar-refractivity contribution in [1.82, 2.24) is 15.5 Å². The molecule has 0 saturated carbocycles. The van der Waals surface area contributed by atoms with Crippen LogP contribution in [0.25, 0.3) is 0 Å². The molecule has 0 aliphatic carbocycles. The van der Waals surface area contributed by atoms with Gasteiger partial charge >= 0.3 is 0 Å². The molecule has 0 saturated heterocycles. The highest BCUT2D eigenvalue weighted by atomic mass is 35.5. The number of nitrogens with zero attached hydrogens (tertiary/aromatic N) is 2. The van der Waals surface area contributed by atoms with Gasteiger partial charge in [0.05, 0.1) is 12.5 Å². The van der Waals surface area contributed by atoms with Crippen LogP contribution in [-0.4, -0.2) is 22.0 Å². The number of benzene rings is 1. The number of hydrogen-bond donors (Lipinski definition) is 2. The third-order valence-corrected chi connectivity index (χ3v) is 3.82. The normalized spacial score (nSPS) is 11.8. The highest BCUT2D eigenvalue weighted by Crippen LogP contribution is 2.21. The molecule has 2 N–H and O–H groups in total. The number of aryl methyl sites for hydroxylation is 1. The minimum Gasteiger partial charge on any atom is -0.349 e. The molecule has 0 bridgehead atoms. The van der Waals surface area contributed by atoms with E-state index in [4.69, 9.17) is 11.6 Å². The number of amides is 2. The van der Waals surface area contributed by atoms with Gasteiger partial charge in [0.25, 0.3) is 0 Å². The molecule has 1 heterocycles. The second kappa shape index (κ2) is 7.33. The van der Waals surface area contributed by atoms with Crippen molar-refractivity contribution in [1.29, 1.82) is 0 Å². The van der Waals surface area contributed by atoms with Gasteiger partial charge in [0.15, 0.2) is 0 Å². The van der Waals surface area contributed by atoms with Gasteiger partial charge in [0.2, 0.25) is 16.9 Å². The quantitative estimate of drug-likeness (QED) is 0.878. The fourth-order valence-corrected chi connectivity index (χ4v) is 2.63. The van der Waals surface area contributed by atoms with Gasteiger partial charge in [-0.3, -0.25) is 9.59 Å². The van der Waals surface area contributed by atoms with E-state index in [1.54, 1.807) is 31.2 Å². The van der Waals surface area contributed by atoms with Crippen molar-refractivity contribution in [2.75, 3.05) is 5.32 Å². The molecule has 0 fully saturated rings. The van der Waals surface area contributed by atoms with Crippen molar-refractivity contribution >= 4 is 39.9 Å². The molecule has 1 aromatic carbocycles. The Kier molecular flexibility index (Phi) is 5.46. The maximum absolute atomic E-state index is 12.1. The van der Waals surface area contributed by atoms with E-state index in [0.717, 1.165) is 10.6 Å². The maximum Gasteiger partial charge on any atom is 0.228 e. The van der Waals surface area contributed by atoms with Gasteiger partial charge in [-0.25, -0.2) is 0 Å². The zero-order valence-electron chi connectivity index (χ0n) is 12.1. The van der Waals surface area contributed by atoms with Crippen LogP contribution in [0.4, 0.5) is 5.13 Å². The minimum atomic E-state index is -0.427. The Bertz CT molecular complexity index is 672. The first-order valence-electron chi connectivity index (χ1n) is 6.56. The number of aromatic nitrogens is 2. The Morgan fingerprint density at radius 1 is 1.27 bits per heavy atom. The van der Waals surface area contributed by atoms with E-state index in [1.165, 1.54) is 18.3 Å². The van der Waals surface area contributed by atoms with E-state index in [0.29, 0.717) is 10.2 Å². The highest BCUT2D eigenvalue weighted by molar-refractivity contribution is 7.15. The summed E-state index contributed by atoms with van der Waals surface area (Å²) < 4.78 is 0. The predicted molar refractivity (Wildman–Crippen MR) is 85.9 cm³/mol. The van der Waals surface area contributed by atoms with Gasteiger partial charge in [0.1, 0.15) is 5.01 Å². The smallest absolute Gasteiger partial charge is 0.228 e. The number of nitrogens with one attached hydrogen (secondary N) is 2. The van der Waals surface area contributed by atoms with Crippen molar-refractivity contribution in [3.63, 3.8) is 0 Å². The summed E-state index contributed by atoms with van der Waals surface area (Å²) >= 11 is 7.15. The molecule has 0 aliphatic heterocycles. The van der Waals surface area contributed by atoms with E-state index in [1.807, 2.05) is 0 Å². The highest BCUT2D eigenvalue weighted by Gasteiger charge is 2.18. The maximum atomic E-state index is 12.1. The third kappa shape index (κ3) is 4.78. The molecule has 0 radical (unpaired) electrons. The summed E-state index contributed by atoms with van der Waals surface area (Å²) in [6.45, 7) is 3.22. The van der Waals surface area contributed by atoms with Crippen LogP contribution >= 0.6 is 22.9 Å². The van der Waals surface area contributed by atoms with Crippen molar-refractivity contribution in [2.45, 2.75) is 26.3 Å². The lowest BCUT2D eigenvalue weighted by Crippen LogP contribution is -2.29. The van der Waals surface area contributed by atoms with Gasteiger partial charge in [-0.1, -0.05) is 35.1 Å². The second-order valence-electron chi connectivity index (χ2n) is 4.68. The summed E-state index contributed by atoms with van der Waals surface area (Å²) in [6, 6.07) is 6.58. The van der Waals surface area contributed by atoms with Crippen LogP contribution in [0, 0.1) is 6.92 Å². The fourth-order valence-electron chi connectivity index (χ4n) is 1.90. The fraction of sp³-hybridized carbons (Fsp3) is 0.286. The predicted octanol–water partition coefficient (Wildman–Crippen LogP) is 2.71. The largest absolute Gasteiger partial charge is 0.349 e. The van der Waals surface area contributed by atoms with Crippen molar-refractivity contribution in [2.24, 2.45) is 0 Å². The van der Waals surface area contributed by atoms with E-state index < -0.39 is 6.04 Å². The average Bonchev–Trinajstić information content (AvgIpc) is 2.83. The van der Waals surface area contributed by atoms with Crippen LogP contribution in [0.1, 0.15) is 30.0 Å². The van der Waals surface area contributed by atoms with Crippen LogP contribution in [0.5, 0.6) is 0 Å². The molecule has 0 spiro atoms. The number of rotatable bonds is 5. The molecule has 2 aromatic rings. The van der Waals surface area contributed by atoms with Gasteiger partial charge in [-0.2, -0.15) is 0 Å². The van der Waals surface area contributed by atoms with Crippen molar-refractivity contribution < 1.29 is 9.59 Å². The summed E-state index contributed by atoms with van der Waals surface area (Å²) in [7, 11) is 0. The SMILES string of the molecule is CC(=O)NC(CC(=O)Nc1nnc(C)s1)c1ccc(Cl)cc1. The Morgan fingerprint density at radius 2 is 1.95 bits per heavy atom. The topological polar surface area (TPSA) is 84.0 Å². The Balaban J connectivity index is 2.07. The third-order valence-electron chi connectivity index (χ3n) is 2.81. The first-order valence-corrected chi connectivity index (χ1v) is 7.76. The standard InChI is InChI=1S/C14H15ClN4O2S/c1-8(20)16-12(10-3-5-11(15)6-4-10)7-13(21)17-14-19-18-9(2)22-14/h3-6,12H,7H2,1-2H3,(H,16,20)(H,17,19,21). The Hall–Kier alpha value is -1.99. The molecule has 1 aromatic heterocycles. The van der Waals surface area contributed by atoms with E-state index >= 15 is 0 Å². The zero-order valence-corrected chi connectivity index (χ0v) is 13.7.